The average molecular weight is 408 g/mol. The third-order valence-electron chi connectivity index (χ3n) is 4.99. The Hall–Kier alpha value is -2.02. The van der Waals surface area contributed by atoms with Crippen LogP contribution in [0.2, 0.25) is 0 Å². The van der Waals surface area contributed by atoms with Crippen LogP contribution >= 0.6 is 23.1 Å². The lowest BCUT2D eigenvalue weighted by molar-refractivity contribution is -0.0411. The molecule has 6 heteroatoms. The second-order valence-corrected chi connectivity index (χ2v) is 9.77. The number of nitrogens with zero attached hydrogens (tertiary/aromatic N) is 3. The number of ether oxygens (including phenoxy) is 1. The van der Waals surface area contributed by atoms with Crippen LogP contribution < -0.4 is 0 Å². The van der Waals surface area contributed by atoms with E-state index in [4.69, 9.17) is 19.7 Å². The summed E-state index contributed by atoms with van der Waals surface area (Å²) in [6.07, 6.45) is 0.840. The predicted octanol–water partition coefficient (Wildman–Crippen LogP) is 5.69. The molecule has 4 nitrogen and oxygen atoms in total. The summed E-state index contributed by atoms with van der Waals surface area (Å²) >= 11 is 3.48. The van der Waals surface area contributed by atoms with Gasteiger partial charge in [-0.1, -0.05) is 30.3 Å². The standard InChI is InChI=1S/C22H21N3OS2/c1-13-23-18-16-9-15-11-26-22(2,3)10-17(15)25-20(16)28-19(18)21(24-13)27-12-14-7-5-4-6-8-14/h4-9H,10-12H2,1-3H3. The Kier molecular flexibility index (Phi) is 4.38. The van der Waals surface area contributed by atoms with Crippen molar-refractivity contribution < 1.29 is 4.74 Å². The lowest BCUT2D eigenvalue weighted by Gasteiger charge is -2.30. The van der Waals surface area contributed by atoms with Crippen LogP contribution in [0.15, 0.2) is 41.4 Å². The molecule has 0 atom stereocenters. The molecule has 5 rings (SSSR count). The van der Waals surface area contributed by atoms with E-state index >= 15 is 0 Å². The van der Waals surface area contributed by atoms with Gasteiger partial charge in [-0.25, -0.2) is 15.0 Å². The predicted molar refractivity (Wildman–Crippen MR) is 116 cm³/mol. The summed E-state index contributed by atoms with van der Waals surface area (Å²) in [5.41, 5.74) is 4.49. The fourth-order valence-corrected chi connectivity index (χ4v) is 5.78. The second-order valence-electron chi connectivity index (χ2n) is 7.80. The van der Waals surface area contributed by atoms with Gasteiger partial charge in [-0.05, 0) is 32.4 Å². The van der Waals surface area contributed by atoms with Gasteiger partial charge in [0, 0.05) is 23.1 Å². The molecule has 1 aromatic carbocycles. The maximum atomic E-state index is 5.99. The number of pyridine rings is 1. The minimum Gasteiger partial charge on any atom is -0.370 e. The Morgan fingerprint density at radius 3 is 2.79 bits per heavy atom. The Balaban J connectivity index is 1.60. The van der Waals surface area contributed by atoms with Gasteiger partial charge < -0.3 is 4.74 Å². The molecular formula is C22H21N3OS2. The molecule has 0 radical (unpaired) electrons. The molecule has 4 aromatic rings. The van der Waals surface area contributed by atoms with Crippen molar-refractivity contribution in [1.82, 2.24) is 15.0 Å². The van der Waals surface area contributed by atoms with Gasteiger partial charge >= 0.3 is 0 Å². The maximum Gasteiger partial charge on any atom is 0.127 e. The third-order valence-corrected chi connectivity index (χ3v) is 7.26. The molecule has 0 bridgehead atoms. The molecule has 0 N–H and O–H groups in total. The number of hydrogen-bond donors (Lipinski definition) is 0. The topological polar surface area (TPSA) is 47.9 Å². The molecule has 1 aliphatic heterocycles. The summed E-state index contributed by atoms with van der Waals surface area (Å²) < 4.78 is 7.13. The van der Waals surface area contributed by atoms with Crippen molar-refractivity contribution in [3.05, 3.63) is 59.0 Å². The van der Waals surface area contributed by atoms with Crippen molar-refractivity contribution in [2.75, 3.05) is 0 Å². The van der Waals surface area contributed by atoms with E-state index < -0.39 is 0 Å². The van der Waals surface area contributed by atoms with Crippen molar-refractivity contribution in [2.45, 2.75) is 50.2 Å². The molecule has 0 amide bonds. The smallest absolute Gasteiger partial charge is 0.127 e. The monoisotopic (exact) mass is 407 g/mol. The number of aromatic nitrogens is 3. The highest BCUT2D eigenvalue weighted by Crippen LogP contribution is 2.39. The Bertz CT molecular complexity index is 1190. The van der Waals surface area contributed by atoms with E-state index in [1.54, 1.807) is 23.1 Å². The van der Waals surface area contributed by atoms with Gasteiger partial charge in [0.25, 0.3) is 0 Å². The van der Waals surface area contributed by atoms with Gasteiger partial charge in [-0.2, -0.15) is 0 Å². The summed E-state index contributed by atoms with van der Waals surface area (Å²) in [6, 6.07) is 12.7. The van der Waals surface area contributed by atoms with Crippen molar-refractivity contribution in [2.24, 2.45) is 0 Å². The molecule has 0 spiro atoms. The SMILES string of the molecule is Cc1nc(SCc2ccccc2)c2sc3nc4c(cc3c2n1)COC(C)(C)C4. The molecule has 28 heavy (non-hydrogen) atoms. The van der Waals surface area contributed by atoms with Crippen LogP contribution in [0.3, 0.4) is 0 Å². The van der Waals surface area contributed by atoms with E-state index in [0.717, 1.165) is 49.2 Å². The minimum absolute atomic E-state index is 0.155. The van der Waals surface area contributed by atoms with Gasteiger partial charge in [0.1, 0.15) is 15.7 Å². The summed E-state index contributed by atoms with van der Waals surface area (Å²) in [7, 11) is 0. The van der Waals surface area contributed by atoms with Crippen molar-refractivity contribution in [3.8, 4) is 0 Å². The van der Waals surface area contributed by atoms with Crippen molar-refractivity contribution in [1.29, 1.82) is 0 Å². The summed E-state index contributed by atoms with van der Waals surface area (Å²) in [5.74, 6) is 1.70. The van der Waals surface area contributed by atoms with Gasteiger partial charge in [0.05, 0.1) is 28.1 Å². The average Bonchev–Trinajstić information content (AvgIpc) is 3.02. The largest absolute Gasteiger partial charge is 0.370 e. The second kappa shape index (κ2) is 6.79. The number of thiophene rings is 1. The number of thioether (sulfide) groups is 1. The number of fused-ring (bicyclic) bond motifs is 4. The molecule has 0 saturated heterocycles. The van der Waals surface area contributed by atoms with Crippen LogP contribution in [0.5, 0.6) is 0 Å². The summed E-state index contributed by atoms with van der Waals surface area (Å²) in [6.45, 7) is 6.83. The minimum atomic E-state index is -0.155. The first-order valence-corrected chi connectivity index (χ1v) is 11.2. The number of aryl methyl sites for hydroxylation is 1. The van der Waals surface area contributed by atoms with E-state index in [1.807, 2.05) is 13.0 Å². The molecule has 0 aliphatic carbocycles. The summed E-state index contributed by atoms with van der Waals surface area (Å²) in [4.78, 5) is 15.6. The zero-order valence-electron chi connectivity index (χ0n) is 16.2. The first kappa shape index (κ1) is 18.0. The number of rotatable bonds is 3. The molecule has 4 heterocycles. The summed E-state index contributed by atoms with van der Waals surface area (Å²) in [5, 5.41) is 2.16. The van der Waals surface area contributed by atoms with Crippen LogP contribution in [0.4, 0.5) is 0 Å². The lowest BCUT2D eigenvalue weighted by Crippen LogP contribution is -2.32. The molecule has 3 aromatic heterocycles. The van der Waals surface area contributed by atoms with Crippen LogP contribution in [0.25, 0.3) is 20.4 Å². The van der Waals surface area contributed by atoms with Gasteiger partial charge in [-0.3, -0.25) is 0 Å². The fraction of sp³-hybridized carbons (Fsp3) is 0.318. The first-order valence-electron chi connectivity index (χ1n) is 9.39. The van der Waals surface area contributed by atoms with E-state index in [9.17, 15) is 0 Å². The quantitative estimate of drug-likeness (QED) is 0.322. The van der Waals surface area contributed by atoms with Crippen molar-refractivity contribution >= 4 is 43.5 Å². The highest BCUT2D eigenvalue weighted by atomic mass is 32.2. The normalized spacial score (nSPS) is 15.8. The van der Waals surface area contributed by atoms with Gasteiger partial charge in [0.15, 0.2) is 0 Å². The number of hydrogen-bond acceptors (Lipinski definition) is 6. The molecule has 1 aliphatic rings. The van der Waals surface area contributed by atoms with Crippen LogP contribution in [-0.4, -0.2) is 20.6 Å². The van der Waals surface area contributed by atoms with E-state index in [1.165, 1.54) is 11.1 Å². The van der Waals surface area contributed by atoms with E-state index in [0.29, 0.717) is 6.61 Å². The van der Waals surface area contributed by atoms with Crippen LogP contribution in [0.1, 0.15) is 36.5 Å². The molecule has 0 saturated carbocycles. The zero-order valence-corrected chi connectivity index (χ0v) is 17.8. The highest BCUT2D eigenvalue weighted by Gasteiger charge is 2.28. The lowest BCUT2D eigenvalue weighted by atomic mass is 9.95. The van der Waals surface area contributed by atoms with Crippen molar-refractivity contribution in [3.63, 3.8) is 0 Å². The molecule has 0 fully saturated rings. The Morgan fingerprint density at radius 2 is 1.96 bits per heavy atom. The molecule has 0 unspecified atom stereocenters. The van der Waals surface area contributed by atoms with Gasteiger partial charge in [0.2, 0.25) is 0 Å². The van der Waals surface area contributed by atoms with E-state index in [-0.39, 0.29) is 5.60 Å². The van der Waals surface area contributed by atoms with Crippen LogP contribution in [0, 0.1) is 6.92 Å². The molecular weight excluding hydrogens is 386 g/mol. The number of benzene rings is 1. The van der Waals surface area contributed by atoms with E-state index in [2.05, 4.69) is 44.2 Å². The first-order chi connectivity index (χ1) is 13.5. The Labute approximate surface area is 172 Å². The van der Waals surface area contributed by atoms with Gasteiger partial charge in [-0.15, -0.1) is 23.1 Å². The van der Waals surface area contributed by atoms with Crippen LogP contribution in [-0.2, 0) is 23.5 Å². The highest BCUT2D eigenvalue weighted by molar-refractivity contribution is 7.98. The zero-order chi connectivity index (χ0) is 19.3. The molecule has 142 valence electrons. The third kappa shape index (κ3) is 3.30. The fourth-order valence-electron chi connectivity index (χ4n) is 3.56. The maximum absolute atomic E-state index is 5.99. The Morgan fingerprint density at radius 1 is 1.14 bits per heavy atom.